The molecule has 0 radical (unpaired) electrons. The fourth-order valence-electron chi connectivity index (χ4n) is 2.25. The van der Waals surface area contributed by atoms with Crippen molar-refractivity contribution < 1.29 is 4.79 Å². The van der Waals surface area contributed by atoms with Crippen LogP contribution in [-0.2, 0) is 0 Å². The van der Waals surface area contributed by atoms with Crippen LogP contribution in [0.1, 0.15) is 22.0 Å². The van der Waals surface area contributed by atoms with Crippen molar-refractivity contribution in [1.82, 2.24) is 10.4 Å². The number of Topliss-reactive ketones (excluding diaryl/α,β-unsaturated/α-hetero) is 1. The van der Waals surface area contributed by atoms with Gasteiger partial charge in [0, 0.05) is 17.8 Å². The Morgan fingerprint density at radius 3 is 2.75 bits per heavy atom. The molecule has 0 amide bonds. The average molecular weight is 286 g/mol. The minimum absolute atomic E-state index is 0.141. The highest BCUT2D eigenvalue weighted by Gasteiger charge is 2.31. The van der Waals surface area contributed by atoms with E-state index in [0.29, 0.717) is 23.0 Å². The number of aromatic nitrogens is 1. The number of benzene rings is 1. The van der Waals surface area contributed by atoms with Gasteiger partial charge in [0.15, 0.2) is 0 Å². The molecule has 1 atom stereocenters. The van der Waals surface area contributed by atoms with Crippen LogP contribution in [0.5, 0.6) is 0 Å². The van der Waals surface area contributed by atoms with Crippen LogP contribution in [0.15, 0.2) is 53.8 Å². The monoisotopic (exact) mass is 285 g/mol. The molecule has 0 aliphatic carbocycles. The molecule has 1 aromatic carbocycles. The fourth-order valence-corrected chi connectivity index (χ4v) is 2.52. The van der Waals surface area contributed by atoms with Gasteiger partial charge in [0.25, 0.3) is 0 Å². The summed E-state index contributed by atoms with van der Waals surface area (Å²) >= 11 is 6.21. The average Bonchev–Trinajstić information content (AvgIpc) is 2.97. The molecule has 1 aromatic heterocycles. The second-order valence-corrected chi connectivity index (χ2v) is 4.88. The van der Waals surface area contributed by atoms with Gasteiger partial charge in [0.2, 0.25) is 5.78 Å². The van der Waals surface area contributed by atoms with Gasteiger partial charge in [-0.25, -0.2) is 0 Å². The standard InChI is InChI=1S/C15H12ClN3O/c16-12-6-2-1-5-10(12)11-9-18-19-14(11)15(20)13-7-3-4-8-17-13/h1-8,11,18H,9H2. The molecule has 1 aliphatic heterocycles. The van der Waals surface area contributed by atoms with Gasteiger partial charge in [-0.1, -0.05) is 35.9 Å². The summed E-state index contributed by atoms with van der Waals surface area (Å²) in [6.45, 7) is 0.567. The third-order valence-electron chi connectivity index (χ3n) is 3.24. The number of hydrogen-bond donors (Lipinski definition) is 1. The van der Waals surface area contributed by atoms with Crippen molar-refractivity contribution in [2.45, 2.75) is 5.92 Å². The Hall–Kier alpha value is -2.20. The molecule has 2 aromatic rings. The zero-order valence-corrected chi connectivity index (χ0v) is 11.3. The quantitative estimate of drug-likeness (QED) is 0.882. The Bertz CT molecular complexity index is 670. The Kier molecular flexibility index (Phi) is 3.48. The molecule has 2 heterocycles. The van der Waals surface area contributed by atoms with Crippen molar-refractivity contribution in [2.75, 3.05) is 6.54 Å². The summed E-state index contributed by atoms with van der Waals surface area (Å²) in [6, 6.07) is 12.8. The number of halogens is 1. The number of nitrogens with zero attached hydrogens (tertiary/aromatic N) is 2. The van der Waals surface area contributed by atoms with E-state index in [1.807, 2.05) is 24.3 Å². The summed E-state index contributed by atoms with van der Waals surface area (Å²) in [6.07, 6.45) is 1.60. The number of ketones is 1. The third-order valence-corrected chi connectivity index (χ3v) is 3.58. The first kappa shape index (κ1) is 12.8. The zero-order valence-electron chi connectivity index (χ0n) is 10.6. The molecule has 1 unspecified atom stereocenters. The molecule has 4 nitrogen and oxygen atoms in total. The van der Waals surface area contributed by atoms with E-state index >= 15 is 0 Å². The predicted octanol–water partition coefficient (Wildman–Crippen LogP) is 2.66. The van der Waals surface area contributed by atoms with E-state index in [1.165, 1.54) is 0 Å². The topological polar surface area (TPSA) is 54.4 Å². The van der Waals surface area contributed by atoms with E-state index in [0.717, 1.165) is 5.56 Å². The molecular formula is C15H12ClN3O. The van der Waals surface area contributed by atoms with Crippen LogP contribution in [0.25, 0.3) is 0 Å². The van der Waals surface area contributed by atoms with E-state index < -0.39 is 0 Å². The molecule has 1 aliphatic rings. The normalized spacial score (nSPS) is 17.4. The minimum Gasteiger partial charge on any atom is -0.309 e. The first-order valence-corrected chi connectivity index (χ1v) is 6.66. The lowest BCUT2D eigenvalue weighted by molar-refractivity contribution is 0.105. The highest BCUT2D eigenvalue weighted by molar-refractivity contribution is 6.48. The molecule has 100 valence electrons. The minimum atomic E-state index is -0.166. The second-order valence-electron chi connectivity index (χ2n) is 4.48. The summed E-state index contributed by atoms with van der Waals surface area (Å²) in [5.74, 6) is -0.307. The Balaban J connectivity index is 1.94. The van der Waals surface area contributed by atoms with Crippen LogP contribution in [0.4, 0.5) is 0 Å². The molecule has 3 rings (SSSR count). The van der Waals surface area contributed by atoms with Gasteiger partial charge in [-0.2, -0.15) is 5.10 Å². The Morgan fingerprint density at radius 1 is 1.20 bits per heavy atom. The summed E-state index contributed by atoms with van der Waals surface area (Å²) < 4.78 is 0. The van der Waals surface area contributed by atoms with Gasteiger partial charge in [0.1, 0.15) is 11.4 Å². The van der Waals surface area contributed by atoms with Crippen LogP contribution in [0.2, 0.25) is 5.02 Å². The molecule has 0 saturated carbocycles. The SMILES string of the molecule is O=C(C1=NNCC1c1ccccc1Cl)c1ccccn1. The smallest absolute Gasteiger partial charge is 0.227 e. The van der Waals surface area contributed by atoms with Crippen LogP contribution in [0, 0.1) is 0 Å². The Labute approximate surface area is 121 Å². The van der Waals surface area contributed by atoms with Crippen LogP contribution in [-0.4, -0.2) is 23.0 Å². The maximum atomic E-state index is 12.5. The largest absolute Gasteiger partial charge is 0.309 e. The lowest BCUT2D eigenvalue weighted by Gasteiger charge is -2.12. The zero-order chi connectivity index (χ0) is 13.9. The number of hydrogen-bond acceptors (Lipinski definition) is 4. The summed E-state index contributed by atoms with van der Waals surface area (Å²) in [5.41, 5.74) is 4.64. The predicted molar refractivity (Wildman–Crippen MR) is 78.2 cm³/mol. The summed E-state index contributed by atoms with van der Waals surface area (Å²) in [7, 11) is 0. The number of pyridine rings is 1. The van der Waals surface area contributed by atoms with E-state index in [9.17, 15) is 4.79 Å². The lowest BCUT2D eigenvalue weighted by Crippen LogP contribution is -2.22. The Morgan fingerprint density at radius 2 is 2.00 bits per heavy atom. The van der Waals surface area contributed by atoms with Crippen molar-refractivity contribution >= 4 is 23.1 Å². The maximum Gasteiger partial charge on any atom is 0.227 e. The molecular weight excluding hydrogens is 274 g/mol. The molecule has 5 heteroatoms. The first-order chi connectivity index (χ1) is 9.77. The highest BCUT2D eigenvalue weighted by atomic mass is 35.5. The molecule has 0 saturated heterocycles. The summed E-state index contributed by atoms with van der Waals surface area (Å²) in [4.78, 5) is 16.5. The number of carbonyl (C=O) groups is 1. The fraction of sp³-hybridized carbons (Fsp3) is 0.133. The van der Waals surface area contributed by atoms with Crippen molar-refractivity contribution in [3.63, 3.8) is 0 Å². The van der Waals surface area contributed by atoms with E-state index in [2.05, 4.69) is 15.5 Å². The second kappa shape index (κ2) is 5.43. The van der Waals surface area contributed by atoms with Crippen LogP contribution in [0.3, 0.4) is 0 Å². The van der Waals surface area contributed by atoms with Crippen LogP contribution < -0.4 is 5.43 Å². The highest BCUT2D eigenvalue weighted by Crippen LogP contribution is 2.28. The van der Waals surface area contributed by atoms with E-state index in [-0.39, 0.29) is 11.7 Å². The molecule has 0 fully saturated rings. The van der Waals surface area contributed by atoms with Crippen molar-refractivity contribution in [3.8, 4) is 0 Å². The number of hydrazone groups is 1. The van der Waals surface area contributed by atoms with Gasteiger partial charge in [0.05, 0.1) is 5.92 Å². The number of nitrogens with one attached hydrogen (secondary N) is 1. The third kappa shape index (κ3) is 2.30. The van der Waals surface area contributed by atoms with E-state index in [4.69, 9.17) is 11.6 Å². The molecule has 1 N–H and O–H groups in total. The molecule has 20 heavy (non-hydrogen) atoms. The molecule has 0 spiro atoms. The number of rotatable bonds is 3. The van der Waals surface area contributed by atoms with Gasteiger partial charge in [-0.3, -0.25) is 9.78 Å². The van der Waals surface area contributed by atoms with Crippen molar-refractivity contribution in [2.24, 2.45) is 5.10 Å². The van der Waals surface area contributed by atoms with Crippen molar-refractivity contribution in [3.05, 3.63) is 64.9 Å². The van der Waals surface area contributed by atoms with Gasteiger partial charge in [-0.15, -0.1) is 0 Å². The van der Waals surface area contributed by atoms with Gasteiger partial charge >= 0.3 is 0 Å². The van der Waals surface area contributed by atoms with Crippen molar-refractivity contribution in [1.29, 1.82) is 0 Å². The first-order valence-electron chi connectivity index (χ1n) is 6.28. The maximum absolute atomic E-state index is 12.5. The van der Waals surface area contributed by atoms with E-state index in [1.54, 1.807) is 24.4 Å². The number of carbonyl (C=O) groups excluding carboxylic acids is 1. The molecule has 0 bridgehead atoms. The van der Waals surface area contributed by atoms with Gasteiger partial charge in [-0.05, 0) is 23.8 Å². The lowest BCUT2D eigenvalue weighted by atomic mass is 9.91. The summed E-state index contributed by atoms with van der Waals surface area (Å²) in [5, 5.41) is 4.77. The van der Waals surface area contributed by atoms with Gasteiger partial charge < -0.3 is 5.43 Å². The van der Waals surface area contributed by atoms with Crippen LogP contribution >= 0.6 is 11.6 Å².